The van der Waals surface area contributed by atoms with Crippen LogP contribution in [0.3, 0.4) is 0 Å². The molecule has 1 saturated heterocycles. The molecule has 0 spiro atoms. The van der Waals surface area contributed by atoms with Gasteiger partial charge in [0, 0.05) is 19.1 Å². The number of piperidine rings is 1. The topological polar surface area (TPSA) is 79.6 Å². The fourth-order valence-electron chi connectivity index (χ4n) is 2.90. The van der Waals surface area contributed by atoms with E-state index in [9.17, 15) is 13.2 Å². The van der Waals surface area contributed by atoms with Gasteiger partial charge < -0.3 is 9.32 Å². The van der Waals surface area contributed by atoms with Crippen LogP contribution >= 0.6 is 0 Å². The molecular formula is C17H20N2O4S. The van der Waals surface area contributed by atoms with Crippen LogP contribution in [0.5, 0.6) is 0 Å². The molecule has 2 aromatic rings. The molecule has 0 unspecified atom stereocenters. The van der Waals surface area contributed by atoms with Crippen molar-refractivity contribution in [3.05, 3.63) is 54.0 Å². The monoisotopic (exact) mass is 348 g/mol. The molecular weight excluding hydrogens is 328 g/mol. The fraction of sp³-hybridized carbons (Fsp3) is 0.353. The maximum atomic E-state index is 12.5. The summed E-state index contributed by atoms with van der Waals surface area (Å²) in [6.07, 6.45) is 2.63. The number of sulfonamides is 1. The Hall–Kier alpha value is -2.12. The van der Waals surface area contributed by atoms with Crippen molar-refractivity contribution in [1.82, 2.24) is 9.62 Å². The predicted molar refractivity (Wildman–Crippen MR) is 89.1 cm³/mol. The quantitative estimate of drug-likeness (QED) is 0.918. The van der Waals surface area contributed by atoms with Crippen molar-refractivity contribution < 1.29 is 17.6 Å². The molecule has 0 aliphatic carbocycles. The Balaban J connectivity index is 1.61. The van der Waals surface area contributed by atoms with Crippen LogP contribution < -0.4 is 4.72 Å². The summed E-state index contributed by atoms with van der Waals surface area (Å²) in [4.78, 5) is 14.2. The molecule has 1 aliphatic rings. The van der Waals surface area contributed by atoms with E-state index in [1.54, 1.807) is 42.2 Å². The number of hydrogen-bond donors (Lipinski definition) is 1. The SMILES string of the molecule is Cc1ccccc1S(=O)(=O)NC1CCN(C(=O)c2ccco2)CC1. The standard InChI is InChI=1S/C17H20N2O4S/c1-13-5-2-3-7-16(13)24(21,22)18-14-8-10-19(11-9-14)17(20)15-6-4-12-23-15/h2-7,12,14,18H,8-11H2,1H3. The average molecular weight is 348 g/mol. The number of nitrogens with zero attached hydrogens (tertiary/aromatic N) is 1. The Labute approximate surface area is 141 Å². The van der Waals surface area contributed by atoms with E-state index >= 15 is 0 Å². The molecule has 3 rings (SSSR count). The molecule has 6 nitrogen and oxygen atoms in total. The lowest BCUT2D eigenvalue weighted by atomic mass is 10.1. The minimum Gasteiger partial charge on any atom is -0.459 e. The number of carbonyl (C=O) groups excluding carboxylic acids is 1. The van der Waals surface area contributed by atoms with Gasteiger partial charge in [-0.15, -0.1) is 0 Å². The Morgan fingerprint density at radius 2 is 1.88 bits per heavy atom. The highest BCUT2D eigenvalue weighted by Gasteiger charge is 2.28. The van der Waals surface area contributed by atoms with Gasteiger partial charge in [0.05, 0.1) is 11.2 Å². The first-order valence-corrected chi connectivity index (χ1v) is 9.36. The largest absolute Gasteiger partial charge is 0.459 e. The van der Waals surface area contributed by atoms with Crippen LogP contribution in [0.2, 0.25) is 0 Å². The summed E-state index contributed by atoms with van der Waals surface area (Å²) in [5.74, 6) is 0.161. The first-order chi connectivity index (χ1) is 11.5. The first kappa shape index (κ1) is 16.7. The third-order valence-electron chi connectivity index (χ3n) is 4.22. The Morgan fingerprint density at radius 1 is 1.17 bits per heavy atom. The third kappa shape index (κ3) is 3.52. The van der Waals surface area contributed by atoms with Gasteiger partial charge in [-0.1, -0.05) is 18.2 Å². The summed E-state index contributed by atoms with van der Waals surface area (Å²) in [5.41, 5.74) is 0.718. The van der Waals surface area contributed by atoms with Crippen molar-refractivity contribution in [3.63, 3.8) is 0 Å². The highest BCUT2D eigenvalue weighted by atomic mass is 32.2. The summed E-state index contributed by atoms with van der Waals surface area (Å²) in [6.45, 7) is 2.78. The molecule has 1 N–H and O–H groups in total. The van der Waals surface area contributed by atoms with Crippen LogP contribution in [-0.4, -0.2) is 38.4 Å². The van der Waals surface area contributed by atoms with E-state index in [1.165, 1.54) is 6.26 Å². The van der Waals surface area contributed by atoms with E-state index < -0.39 is 10.0 Å². The van der Waals surface area contributed by atoms with Gasteiger partial charge in [-0.3, -0.25) is 4.79 Å². The molecule has 1 amide bonds. The van der Waals surface area contributed by atoms with E-state index in [0.29, 0.717) is 36.6 Å². The Morgan fingerprint density at radius 3 is 2.50 bits per heavy atom. The number of furan rings is 1. The number of hydrogen-bond acceptors (Lipinski definition) is 4. The van der Waals surface area contributed by atoms with Crippen LogP contribution in [-0.2, 0) is 10.0 Å². The van der Waals surface area contributed by atoms with E-state index in [2.05, 4.69) is 4.72 Å². The summed E-state index contributed by atoms with van der Waals surface area (Å²) >= 11 is 0. The second-order valence-electron chi connectivity index (χ2n) is 5.93. The Bertz CT molecular complexity index is 807. The lowest BCUT2D eigenvalue weighted by Gasteiger charge is -2.31. The maximum Gasteiger partial charge on any atom is 0.289 e. The predicted octanol–water partition coefficient (Wildman–Crippen LogP) is 2.17. The highest BCUT2D eigenvalue weighted by Crippen LogP contribution is 2.19. The summed E-state index contributed by atoms with van der Waals surface area (Å²) in [6, 6.07) is 10.0. The average Bonchev–Trinajstić information content (AvgIpc) is 3.09. The Kier molecular flexibility index (Phi) is 4.73. The van der Waals surface area contributed by atoms with Crippen molar-refractivity contribution in [2.24, 2.45) is 0 Å². The lowest BCUT2D eigenvalue weighted by molar-refractivity contribution is 0.0679. The summed E-state index contributed by atoms with van der Waals surface area (Å²) in [5, 5.41) is 0. The molecule has 1 aromatic carbocycles. The van der Waals surface area contributed by atoms with Gasteiger partial charge in [0.1, 0.15) is 0 Å². The first-order valence-electron chi connectivity index (χ1n) is 7.88. The maximum absolute atomic E-state index is 12.5. The normalized spacial score (nSPS) is 16.3. The van der Waals surface area contributed by atoms with Crippen molar-refractivity contribution in [1.29, 1.82) is 0 Å². The number of amides is 1. The minimum atomic E-state index is -3.54. The zero-order valence-corrected chi connectivity index (χ0v) is 14.3. The molecule has 24 heavy (non-hydrogen) atoms. The van der Waals surface area contributed by atoms with Crippen LogP contribution in [0.15, 0.2) is 52.0 Å². The number of carbonyl (C=O) groups is 1. The molecule has 7 heteroatoms. The second-order valence-corrected chi connectivity index (χ2v) is 7.61. The van der Waals surface area contributed by atoms with E-state index in [-0.39, 0.29) is 11.9 Å². The van der Waals surface area contributed by atoms with Gasteiger partial charge in [0.2, 0.25) is 10.0 Å². The van der Waals surface area contributed by atoms with Crippen LogP contribution in [0, 0.1) is 6.92 Å². The molecule has 1 fully saturated rings. The van der Waals surface area contributed by atoms with Crippen LogP contribution in [0.4, 0.5) is 0 Å². The summed E-state index contributed by atoms with van der Waals surface area (Å²) in [7, 11) is -3.54. The number of rotatable bonds is 4. The van der Waals surface area contributed by atoms with Crippen molar-refractivity contribution >= 4 is 15.9 Å². The number of benzene rings is 1. The molecule has 1 aliphatic heterocycles. The van der Waals surface area contributed by atoms with Gasteiger partial charge in [0.15, 0.2) is 5.76 Å². The van der Waals surface area contributed by atoms with Gasteiger partial charge in [-0.05, 0) is 43.5 Å². The van der Waals surface area contributed by atoms with Gasteiger partial charge >= 0.3 is 0 Å². The van der Waals surface area contributed by atoms with Crippen molar-refractivity contribution in [2.45, 2.75) is 30.7 Å². The summed E-state index contributed by atoms with van der Waals surface area (Å²) < 4.78 is 32.9. The zero-order valence-electron chi connectivity index (χ0n) is 13.4. The van der Waals surface area contributed by atoms with E-state index in [1.807, 2.05) is 6.07 Å². The van der Waals surface area contributed by atoms with Crippen LogP contribution in [0.1, 0.15) is 29.0 Å². The molecule has 1 aromatic heterocycles. The number of aryl methyl sites for hydroxylation is 1. The van der Waals surface area contributed by atoms with Crippen LogP contribution in [0.25, 0.3) is 0 Å². The van der Waals surface area contributed by atoms with Gasteiger partial charge in [-0.2, -0.15) is 0 Å². The van der Waals surface area contributed by atoms with Crippen molar-refractivity contribution in [2.75, 3.05) is 13.1 Å². The molecule has 128 valence electrons. The zero-order chi connectivity index (χ0) is 17.2. The molecule has 2 heterocycles. The molecule has 0 atom stereocenters. The van der Waals surface area contributed by atoms with E-state index in [0.717, 1.165) is 5.56 Å². The molecule has 0 bridgehead atoms. The van der Waals surface area contributed by atoms with Gasteiger partial charge in [-0.25, -0.2) is 13.1 Å². The van der Waals surface area contributed by atoms with Gasteiger partial charge in [0.25, 0.3) is 5.91 Å². The highest BCUT2D eigenvalue weighted by molar-refractivity contribution is 7.89. The van der Waals surface area contributed by atoms with Crippen molar-refractivity contribution in [3.8, 4) is 0 Å². The number of likely N-dealkylation sites (tertiary alicyclic amines) is 1. The smallest absolute Gasteiger partial charge is 0.289 e. The number of nitrogens with one attached hydrogen (secondary N) is 1. The minimum absolute atomic E-state index is 0.153. The molecule has 0 saturated carbocycles. The second kappa shape index (κ2) is 6.78. The third-order valence-corrected chi connectivity index (χ3v) is 5.90. The fourth-order valence-corrected chi connectivity index (χ4v) is 4.45. The lowest BCUT2D eigenvalue weighted by Crippen LogP contribution is -2.46. The molecule has 0 radical (unpaired) electrons. The van der Waals surface area contributed by atoms with E-state index in [4.69, 9.17) is 4.42 Å².